The van der Waals surface area contributed by atoms with Gasteiger partial charge in [-0.15, -0.1) is 0 Å². The van der Waals surface area contributed by atoms with Gasteiger partial charge in [0, 0.05) is 6.54 Å². The van der Waals surface area contributed by atoms with Gasteiger partial charge < -0.3 is 5.32 Å². The summed E-state index contributed by atoms with van der Waals surface area (Å²) in [6, 6.07) is 5.97. The zero-order chi connectivity index (χ0) is 10.4. The molecule has 0 aromatic heterocycles. The van der Waals surface area contributed by atoms with Crippen molar-refractivity contribution < 1.29 is 0 Å². The maximum atomic E-state index is 6.07. The molecule has 1 nitrogen and oxygen atoms in total. The Morgan fingerprint density at radius 1 is 1.43 bits per heavy atom. The van der Waals surface area contributed by atoms with Crippen molar-refractivity contribution in [3.05, 3.63) is 28.8 Å². The quantitative estimate of drug-likeness (QED) is 0.771. The lowest BCUT2D eigenvalue weighted by molar-refractivity contribution is 0.991. The minimum absolute atomic E-state index is 0.814. The molecule has 0 atom stereocenters. The number of nitrogens with one attached hydrogen (secondary N) is 1. The average molecular weight is 230 g/mol. The van der Waals surface area contributed by atoms with E-state index in [2.05, 4.69) is 24.6 Å². The van der Waals surface area contributed by atoms with Crippen molar-refractivity contribution in [1.29, 1.82) is 0 Å². The van der Waals surface area contributed by atoms with Crippen LogP contribution >= 0.6 is 23.4 Å². The minimum Gasteiger partial charge on any atom is -0.384 e. The molecule has 0 aliphatic rings. The summed E-state index contributed by atoms with van der Waals surface area (Å²) >= 11 is 7.95. The smallest absolute Gasteiger partial charge is 0.0640 e. The van der Waals surface area contributed by atoms with Gasteiger partial charge in [0.05, 0.1) is 10.7 Å². The monoisotopic (exact) mass is 229 g/mol. The van der Waals surface area contributed by atoms with Gasteiger partial charge in [0.2, 0.25) is 0 Å². The van der Waals surface area contributed by atoms with Crippen LogP contribution in [0.15, 0.2) is 18.2 Å². The van der Waals surface area contributed by atoms with Crippen molar-refractivity contribution >= 4 is 29.1 Å². The van der Waals surface area contributed by atoms with Crippen LogP contribution in [-0.2, 0) is 0 Å². The van der Waals surface area contributed by atoms with E-state index in [4.69, 9.17) is 11.6 Å². The molecular weight excluding hydrogens is 214 g/mol. The maximum Gasteiger partial charge on any atom is 0.0640 e. The van der Waals surface area contributed by atoms with Crippen LogP contribution in [0.5, 0.6) is 0 Å². The molecule has 0 bridgehead atoms. The average Bonchev–Trinajstić information content (AvgIpc) is 2.16. The molecule has 0 saturated carbocycles. The van der Waals surface area contributed by atoms with Gasteiger partial charge in [0.15, 0.2) is 0 Å². The third-order valence-electron chi connectivity index (χ3n) is 2.05. The van der Waals surface area contributed by atoms with Crippen molar-refractivity contribution in [2.75, 3.05) is 23.9 Å². The van der Waals surface area contributed by atoms with Gasteiger partial charge in [-0.1, -0.05) is 23.7 Å². The third-order valence-corrected chi connectivity index (χ3v) is 3.06. The van der Waals surface area contributed by atoms with Crippen molar-refractivity contribution in [2.45, 2.75) is 13.3 Å². The second-order valence-electron chi connectivity index (χ2n) is 3.20. The van der Waals surface area contributed by atoms with Gasteiger partial charge in [-0.25, -0.2) is 0 Å². The Bertz CT molecular complexity index is 268. The van der Waals surface area contributed by atoms with Gasteiger partial charge in [-0.05, 0) is 37.0 Å². The Hall–Kier alpha value is -0.340. The maximum absolute atomic E-state index is 6.07. The normalized spacial score (nSPS) is 10.2. The molecule has 1 aromatic rings. The molecule has 1 N–H and O–H groups in total. The molecular formula is C11H16ClNS. The summed E-state index contributed by atoms with van der Waals surface area (Å²) in [7, 11) is 0. The molecule has 14 heavy (non-hydrogen) atoms. The number of para-hydroxylation sites is 1. The predicted molar refractivity (Wildman–Crippen MR) is 67.7 cm³/mol. The van der Waals surface area contributed by atoms with E-state index in [1.165, 1.54) is 17.7 Å². The van der Waals surface area contributed by atoms with E-state index in [1.807, 2.05) is 23.9 Å². The van der Waals surface area contributed by atoms with E-state index in [1.54, 1.807) is 0 Å². The number of aryl methyl sites for hydroxylation is 1. The van der Waals surface area contributed by atoms with Crippen molar-refractivity contribution in [1.82, 2.24) is 0 Å². The summed E-state index contributed by atoms with van der Waals surface area (Å²) in [5, 5.41) is 4.18. The Kier molecular flexibility index (Phi) is 5.20. The molecule has 0 spiro atoms. The van der Waals surface area contributed by atoms with Gasteiger partial charge in [-0.2, -0.15) is 11.8 Å². The summed E-state index contributed by atoms with van der Waals surface area (Å²) in [5.41, 5.74) is 2.29. The fourth-order valence-electron chi connectivity index (χ4n) is 1.29. The molecule has 1 aromatic carbocycles. The molecule has 3 heteroatoms. The number of anilines is 1. The van der Waals surface area contributed by atoms with Crippen molar-refractivity contribution in [3.8, 4) is 0 Å². The van der Waals surface area contributed by atoms with E-state index < -0.39 is 0 Å². The van der Waals surface area contributed by atoms with E-state index in [-0.39, 0.29) is 0 Å². The van der Waals surface area contributed by atoms with Crippen LogP contribution in [0.25, 0.3) is 0 Å². The van der Waals surface area contributed by atoms with Crippen LogP contribution < -0.4 is 5.32 Å². The van der Waals surface area contributed by atoms with Crippen LogP contribution in [0.2, 0.25) is 5.02 Å². The lowest BCUT2D eigenvalue weighted by atomic mass is 10.2. The van der Waals surface area contributed by atoms with E-state index >= 15 is 0 Å². The van der Waals surface area contributed by atoms with Gasteiger partial charge in [-0.3, -0.25) is 0 Å². The van der Waals surface area contributed by atoms with Crippen LogP contribution in [0.3, 0.4) is 0 Å². The van der Waals surface area contributed by atoms with Gasteiger partial charge in [0.1, 0.15) is 0 Å². The summed E-state index contributed by atoms with van der Waals surface area (Å²) in [5.74, 6) is 1.19. The summed E-state index contributed by atoms with van der Waals surface area (Å²) in [4.78, 5) is 0. The third kappa shape index (κ3) is 3.43. The highest BCUT2D eigenvalue weighted by molar-refractivity contribution is 7.98. The first-order valence-electron chi connectivity index (χ1n) is 4.73. The highest BCUT2D eigenvalue weighted by Gasteiger charge is 2.01. The lowest BCUT2D eigenvalue weighted by Gasteiger charge is -2.10. The van der Waals surface area contributed by atoms with Gasteiger partial charge >= 0.3 is 0 Å². The Balaban J connectivity index is 2.49. The first-order valence-corrected chi connectivity index (χ1v) is 6.51. The predicted octanol–water partition coefficient (Wildman–Crippen LogP) is 3.81. The van der Waals surface area contributed by atoms with E-state index in [0.29, 0.717) is 0 Å². The zero-order valence-electron chi connectivity index (χ0n) is 8.64. The van der Waals surface area contributed by atoms with Crippen LogP contribution in [0.4, 0.5) is 5.69 Å². The number of hydrogen-bond acceptors (Lipinski definition) is 2. The zero-order valence-corrected chi connectivity index (χ0v) is 10.2. The SMILES string of the molecule is CSCCCNc1c(C)cccc1Cl. The number of rotatable bonds is 5. The molecule has 0 aliphatic carbocycles. The molecule has 0 amide bonds. The molecule has 78 valence electrons. The first kappa shape index (κ1) is 11.7. The molecule has 0 fully saturated rings. The van der Waals surface area contributed by atoms with Gasteiger partial charge in [0.25, 0.3) is 0 Å². The second-order valence-corrected chi connectivity index (χ2v) is 4.60. The Morgan fingerprint density at radius 3 is 2.86 bits per heavy atom. The second kappa shape index (κ2) is 6.20. The summed E-state index contributed by atoms with van der Waals surface area (Å²) in [6.45, 7) is 3.06. The van der Waals surface area contributed by atoms with Crippen molar-refractivity contribution in [2.24, 2.45) is 0 Å². The molecule has 0 unspecified atom stereocenters. The highest BCUT2D eigenvalue weighted by Crippen LogP contribution is 2.24. The van der Waals surface area contributed by atoms with Crippen molar-refractivity contribution in [3.63, 3.8) is 0 Å². The Labute approximate surface area is 95.2 Å². The highest BCUT2D eigenvalue weighted by atomic mass is 35.5. The summed E-state index contributed by atoms with van der Waals surface area (Å²) < 4.78 is 0. The molecule has 0 saturated heterocycles. The molecule has 1 rings (SSSR count). The fraction of sp³-hybridized carbons (Fsp3) is 0.455. The number of hydrogen-bond donors (Lipinski definition) is 1. The van der Waals surface area contributed by atoms with Crippen LogP contribution in [0, 0.1) is 6.92 Å². The van der Waals surface area contributed by atoms with Crippen LogP contribution in [-0.4, -0.2) is 18.6 Å². The largest absolute Gasteiger partial charge is 0.384 e. The molecule has 0 aliphatic heterocycles. The first-order chi connectivity index (χ1) is 6.75. The minimum atomic E-state index is 0.814. The van der Waals surface area contributed by atoms with Crippen LogP contribution in [0.1, 0.15) is 12.0 Å². The molecule has 0 radical (unpaired) electrons. The fourth-order valence-corrected chi connectivity index (χ4v) is 2.01. The van der Waals surface area contributed by atoms with E-state index in [0.717, 1.165) is 17.3 Å². The van der Waals surface area contributed by atoms with E-state index in [9.17, 15) is 0 Å². The summed E-state index contributed by atoms with van der Waals surface area (Å²) in [6.07, 6.45) is 3.30. The number of benzene rings is 1. The number of halogens is 1. The topological polar surface area (TPSA) is 12.0 Å². The molecule has 0 heterocycles. The lowest BCUT2D eigenvalue weighted by Crippen LogP contribution is -2.04. The number of thioether (sulfide) groups is 1. The Morgan fingerprint density at radius 2 is 2.21 bits per heavy atom. The standard InChI is InChI=1S/C11H16ClNS/c1-9-5-3-6-10(12)11(9)13-7-4-8-14-2/h3,5-6,13H,4,7-8H2,1-2H3.